The molecule has 2 heterocycles. The van der Waals surface area contributed by atoms with Crippen LogP contribution in [-0.4, -0.2) is 9.38 Å². The molecule has 0 spiro atoms. The fourth-order valence-electron chi connectivity index (χ4n) is 4.02. The maximum atomic E-state index is 9.82. The Bertz CT molecular complexity index is 1210. The minimum atomic E-state index is 0.651. The zero-order valence-electron chi connectivity index (χ0n) is 17.3. The normalized spacial score (nSPS) is 11.1. The number of aryl methyl sites for hydroxylation is 1. The molecule has 0 aliphatic rings. The van der Waals surface area contributed by atoms with Crippen molar-refractivity contribution in [1.82, 2.24) is 9.38 Å². The van der Waals surface area contributed by atoms with Gasteiger partial charge in [-0.1, -0.05) is 44.5 Å². The summed E-state index contributed by atoms with van der Waals surface area (Å²) in [6.45, 7) is 6.37. The van der Waals surface area contributed by atoms with Gasteiger partial charge in [0.25, 0.3) is 0 Å². The van der Waals surface area contributed by atoms with Crippen LogP contribution in [0.4, 0.5) is 11.5 Å². The molecule has 4 nitrogen and oxygen atoms in total. The average Bonchev–Trinajstić information content (AvgIpc) is 3.13. The van der Waals surface area contributed by atoms with Crippen LogP contribution in [0.25, 0.3) is 16.7 Å². The molecule has 1 N–H and O–H groups in total. The first kappa shape index (κ1) is 19.0. The van der Waals surface area contributed by atoms with E-state index in [2.05, 4.69) is 60.0 Å². The number of nitriles is 1. The molecule has 4 heteroatoms. The molecule has 0 saturated carbocycles. The fraction of sp³-hybridized carbons (Fsp3) is 0.280. The van der Waals surface area contributed by atoms with Crippen LogP contribution >= 0.6 is 0 Å². The molecule has 0 aliphatic heterocycles. The van der Waals surface area contributed by atoms with Crippen molar-refractivity contribution < 1.29 is 0 Å². The van der Waals surface area contributed by atoms with E-state index >= 15 is 0 Å². The quantitative estimate of drug-likeness (QED) is 0.425. The number of imidazole rings is 1. The number of pyridine rings is 1. The van der Waals surface area contributed by atoms with Gasteiger partial charge in [-0.2, -0.15) is 5.26 Å². The van der Waals surface area contributed by atoms with Gasteiger partial charge in [-0.25, -0.2) is 4.98 Å². The first-order chi connectivity index (χ1) is 14.2. The molecule has 29 heavy (non-hydrogen) atoms. The van der Waals surface area contributed by atoms with Crippen LogP contribution < -0.4 is 5.32 Å². The van der Waals surface area contributed by atoms with E-state index in [1.807, 2.05) is 25.1 Å². The summed E-state index contributed by atoms with van der Waals surface area (Å²) in [7, 11) is 0. The molecule has 0 bridgehead atoms. The van der Waals surface area contributed by atoms with Crippen LogP contribution in [0.15, 0.2) is 48.5 Å². The van der Waals surface area contributed by atoms with E-state index in [1.165, 1.54) is 18.4 Å². The van der Waals surface area contributed by atoms with E-state index in [0.717, 1.165) is 46.5 Å². The van der Waals surface area contributed by atoms with E-state index in [4.69, 9.17) is 4.98 Å². The molecule has 4 rings (SSSR count). The van der Waals surface area contributed by atoms with E-state index in [0.29, 0.717) is 11.2 Å². The van der Waals surface area contributed by atoms with Crippen molar-refractivity contribution in [3.63, 3.8) is 0 Å². The predicted molar refractivity (Wildman–Crippen MR) is 120 cm³/mol. The van der Waals surface area contributed by atoms with Crippen LogP contribution in [0, 0.1) is 18.3 Å². The smallest absolute Gasteiger partial charge is 0.157 e. The zero-order valence-corrected chi connectivity index (χ0v) is 17.3. The van der Waals surface area contributed by atoms with Gasteiger partial charge >= 0.3 is 0 Å². The van der Waals surface area contributed by atoms with Crippen molar-refractivity contribution in [2.24, 2.45) is 0 Å². The number of rotatable bonds is 6. The molecule has 0 unspecified atom stereocenters. The number of nitrogens with one attached hydrogen (secondary N) is 1. The SMILES string of the molecule is CCCCc1ccc(Nc2c(CC)c(C)c(C#N)c3nc4ccccc4n23)cc1. The molecule has 2 aromatic carbocycles. The number of nitrogens with zero attached hydrogens (tertiary/aromatic N) is 3. The minimum absolute atomic E-state index is 0.651. The Morgan fingerprint density at radius 3 is 2.52 bits per heavy atom. The standard InChI is InChI=1S/C25H26N4/c1-4-6-9-18-12-14-19(15-13-18)27-24-20(5-2)17(3)21(16-26)25-28-22-10-7-8-11-23(22)29(24)25/h7-8,10-15,27H,4-6,9H2,1-3H3. The summed E-state index contributed by atoms with van der Waals surface area (Å²) in [4.78, 5) is 4.77. The van der Waals surface area contributed by atoms with Gasteiger partial charge in [0, 0.05) is 5.69 Å². The highest BCUT2D eigenvalue weighted by Crippen LogP contribution is 2.33. The summed E-state index contributed by atoms with van der Waals surface area (Å²) >= 11 is 0. The molecule has 0 atom stereocenters. The number of unbranched alkanes of at least 4 members (excludes halogenated alkanes) is 1. The second-order valence-electron chi connectivity index (χ2n) is 7.48. The summed E-state index contributed by atoms with van der Waals surface area (Å²) in [5.41, 5.74) is 7.83. The van der Waals surface area contributed by atoms with Crippen molar-refractivity contribution in [2.45, 2.75) is 46.5 Å². The highest BCUT2D eigenvalue weighted by Gasteiger charge is 2.19. The predicted octanol–water partition coefficient (Wildman–Crippen LogP) is 6.32. The summed E-state index contributed by atoms with van der Waals surface area (Å²) < 4.78 is 2.10. The first-order valence-electron chi connectivity index (χ1n) is 10.4. The van der Waals surface area contributed by atoms with E-state index in [1.54, 1.807) is 0 Å². The van der Waals surface area contributed by atoms with E-state index in [-0.39, 0.29) is 0 Å². The Morgan fingerprint density at radius 2 is 1.83 bits per heavy atom. The third-order valence-electron chi connectivity index (χ3n) is 5.62. The molecule has 0 amide bonds. The third kappa shape index (κ3) is 3.34. The van der Waals surface area contributed by atoms with Gasteiger partial charge < -0.3 is 5.32 Å². The topological polar surface area (TPSA) is 53.1 Å². The Balaban J connectivity index is 1.90. The Morgan fingerprint density at radius 1 is 1.07 bits per heavy atom. The second kappa shape index (κ2) is 7.97. The molecular formula is C25H26N4. The van der Waals surface area contributed by atoms with Crippen LogP contribution in [0.3, 0.4) is 0 Å². The Kier molecular flexibility index (Phi) is 5.22. The maximum absolute atomic E-state index is 9.82. The van der Waals surface area contributed by atoms with Crippen molar-refractivity contribution in [3.05, 3.63) is 70.8 Å². The lowest BCUT2D eigenvalue weighted by Gasteiger charge is -2.18. The first-order valence-corrected chi connectivity index (χ1v) is 10.4. The molecule has 0 fully saturated rings. The number of benzene rings is 2. The van der Waals surface area contributed by atoms with Gasteiger partial charge in [-0.3, -0.25) is 4.40 Å². The van der Waals surface area contributed by atoms with Crippen molar-refractivity contribution in [2.75, 3.05) is 5.32 Å². The molecule has 2 aromatic heterocycles. The summed E-state index contributed by atoms with van der Waals surface area (Å²) in [6, 6.07) is 19.1. The number of fused-ring (bicyclic) bond motifs is 3. The monoisotopic (exact) mass is 382 g/mol. The Labute approximate surface area is 171 Å². The summed E-state index contributed by atoms with van der Waals surface area (Å²) in [5.74, 6) is 0.994. The van der Waals surface area contributed by atoms with Crippen LogP contribution in [0.2, 0.25) is 0 Å². The van der Waals surface area contributed by atoms with Crippen molar-refractivity contribution in [1.29, 1.82) is 5.26 Å². The van der Waals surface area contributed by atoms with E-state index < -0.39 is 0 Å². The summed E-state index contributed by atoms with van der Waals surface area (Å²) in [5, 5.41) is 13.5. The highest BCUT2D eigenvalue weighted by atomic mass is 15.1. The molecular weight excluding hydrogens is 356 g/mol. The average molecular weight is 383 g/mol. The van der Waals surface area contributed by atoms with Gasteiger partial charge in [-0.15, -0.1) is 0 Å². The van der Waals surface area contributed by atoms with Gasteiger partial charge in [0.05, 0.1) is 16.6 Å². The van der Waals surface area contributed by atoms with E-state index in [9.17, 15) is 5.26 Å². The maximum Gasteiger partial charge on any atom is 0.157 e. The number of hydrogen-bond donors (Lipinski definition) is 1. The molecule has 0 radical (unpaired) electrons. The lowest BCUT2D eigenvalue weighted by Crippen LogP contribution is -2.07. The van der Waals surface area contributed by atoms with Gasteiger partial charge in [0.1, 0.15) is 11.9 Å². The van der Waals surface area contributed by atoms with Crippen LogP contribution in [-0.2, 0) is 12.8 Å². The van der Waals surface area contributed by atoms with Gasteiger partial charge in [0.2, 0.25) is 0 Å². The van der Waals surface area contributed by atoms with Gasteiger partial charge in [0.15, 0.2) is 5.65 Å². The third-order valence-corrected chi connectivity index (χ3v) is 5.62. The molecule has 4 aromatic rings. The fourth-order valence-corrected chi connectivity index (χ4v) is 4.02. The number of para-hydroxylation sites is 2. The zero-order chi connectivity index (χ0) is 20.4. The Hall–Kier alpha value is -3.32. The largest absolute Gasteiger partial charge is 0.341 e. The molecule has 0 saturated heterocycles. The molecule has 0 aliphatic carbocycles. The van der Waals surface area contributed by atoms with Crippen LogP contribution in [0.5, 0.6) is 0 Å². The number of aromatic nitrogens is 2. The van der Waals surface area contributed by atoms with Crippen molar-refractivity contribution >= 4 is 28.2 Å². The number of hydrogen-bond acceptors (Lipinski definition) is 3. The highest BCUT2D eigenvalue weighted by molar-refractivity contribution is 5.87. The summed E-state index contributed by atoms with van der Waals surface area (Å²) in [6.07, 6.45) is 4.36. The second-order valence-corrected chi connectivity index (χ2v) is 7.48. The molecule has 146 valence electrons. The minimum Gasteiger partial charge on any atom is -0.341 e. The van der Waals surface area contributed by atoms with Crippen LogP contribution in [0.1, 0.15) is 48.9 Å². The lowest BCUT2D eigenvalue weighted by atomic mass is 10.0. The van der Waals surface area contributed by atoms with Gasteiger partial charge in [-0.05, 0) is 67.1 Å². The van der Waals surface area contributed by atoms with Crippen molar-refractivity contribution in [3.8, 4) is 6.07 Å². The lowest BCUT2D eigenvalue weighted by molar-refractivity contribution is 0.795. The number of anilines is 2.